The smallest absolute Gasteiger partial charge is 0.237 e. The zero-order chi connectivity index (χ0) is 16.5. The van der Waals surface area contributed by atoms with E-state index in [1.807, 2.05) is 24.3 Å². The van der Waals surface area contributed by atoms with Gasteiger partial charge in [0.2, 0.25) is 5.91 Å². The van der Waals surface area contributed by atoms with E-state index in [-0.39, 0.29) is 24.2 Å². The van der Waals surface area contributed by atoms with Gasteiger partial charge >= 0.3 is 0 Å². The summed E-state index contributed by atoms with van der Waals surface area (Å²) in [6.07, 6.45) is 2.44. The molecular formula is C17H27ClN2O4. The molecule has 1 fully saturated rings. The molecule has 1 amide bonds. The Kier molecular flexibility index (Phi) is 9.52. The quantitative estimate of drug-likeness (QED) is 0.692. The molecule has 0 spiro atoms. The van der Waals surface area contributed by atoms with E-state index in [0.717, 1.165) is 30.8 Å². The van der Waals surface area contributed by atoms with Crippen LogP contribution in [0.25, 0.3) is 0 Å². The van der Waals surface area contributed by atoms with Crippen molar-refractivity contribution < 1.29 is 19.0 Å². The van der Waals surface area contributed by atoms with Gasteiger partial charge in [0, 0.05) is 25.8 Å². The van der Waals surface area contributed by atoms with Crippen LogP contribution in [0.15, 0.2) is 24.3 Å². The van der Waals surface area contributed by atoms with Gasteiger partial charge in [-0.1, -0.05) is 6.07 Å². The first-order valence-corrected chi connectivity index (χ1v) is 8.08. The number of rotatable bonds is 8. The molecule has 1 aromatic carbocycles. The average molecular weight is 359 g/mol. The standard InChI is InChI=1S/C17H26N2O4.ClH/c1-21-14-4-2-5-15(12-14)23-9-3-8-19-17(20)16(18)13-6-10-22-11-7-13;/h2,4-5,12-13,16H,3,6-11,18H2,1H3,(H,19,20);1H. The maximum absolute atomic E-state index is 12.0. The van der Waals surface area contributed by atoms with Crippen molar-refractivity contribution in [3.05, 3.63) is 24.3 Å². The lowest BCUT2D eigenvalue weighted by Gasteiger charge is -2.26. The van der Waals surface area contributed by atoms with Crippen LogP contribution < -0.4 is 20.5 Å². The van der Waals surface area contributed by atoms with Crippen molar-refractivity contribution in [2.24, 2.45) is 11.7 Å². The van der Waals surface area contributed by atoms with E-state index in [1.165, 1.54) is 0 Å². The van der Waals surface area contributed by atoms with Crippen molar-refractivity contribution in [2.75, 3.05) is 33.5 Å². The van der Waals surface area contributed by atoms with Crippen molar-refractivity contribution >= 4 is 18.3 Å². The molecule has 1 unspecified atom stereocenters. The number of hydrogen-bond acceptors (Lipinski definition) is 5. The first-order chi connectivity index (χ1) is 11.2. The molecule has 1 aromatic rings. The maximum atomic E-state index is 12.0. The van der Waals surface area contributed by atoms with Gasteiger partial charge in [0.15, 0.2) is 0 Å². The van der Waals surface area contributed by atoms with Gasteiger partial charge in [-0.05, 0) is 37.3 Å². The summed E-state index contributed by atoms with van der Waals surface area (Å²) in [5, 5.41) is 2.88. The zero-order valence-corrected chi connectivity index (χ0v) is 14.8. The molecule has 0 aromatic heterocycles. The van der Waals surface area contributed by atoms with Crippen molar-refractivity contribution in [1.82, 2.24) is 5.32 Å². The first kappa shape index (κ1) is 20.5. The Morgan fingerprint density at radius 3 is 2.79 bits per heavy atom. The number of hydrogen-bond donors (Lipinski definition) is 2. The lowest BCUT2D eigenvalue weighted by molar-refractivity contribution is -0.124. The van der Waals surface area contributed by atoms with Gasteiger partial charge in [-0.15, -0.1) is 12.4 Å². The largest absolute Gasteiger partial charge is 0.497 e. The van der Waals surface area contributed by atoms with Crippen molar-refractivity contribution in [2.45, 2.75) is 25.3 Å². The monoisotopic (exact) mass is 358 g/mol. The molecule has 1 atom stereocenters. The Bertz CT molecular complexity index is 495. The summed E-state index contributed by atoms with van der Waals surface area (Å²) < 4.78 is 16.1. The molecule has 6 nitrogen and oxygen atoms in total. The number of carbonyl (C=O) groups excluding carboxylic acids is 1. The van der Waals surface area contributed by atoms with Gasteiger partial charge in [-0.25, -0.2) is 0 Å². The normalized spacial score (nSPS) is 15.9. The summed E-state index contributed by atoms with van der Waals surface area (Å²) in [5.41, 5.74) is 6.02. The van der Waals surface area contributed by atoms with Crippen LogP contribution in [0.5, 0.6) is 11.5 Å². The molecule has 0 radical (unpaired) electrons. The number of nitrogens with two attached hydrogens (primary N) is 1. The lowest BCUT2D eigenvalue weighted by atomic mass is 9.92. The fraction of sp³-hybridized carbons (Fsp3) is 0.588. The minimum atomic E-state index is -0.446. The number of carbonyl (C=O) groups is 1. The first-order valence-electron chi connectivity index (χ1n) is 8.08. The number of benzene rings is 1. The van der Waals surface area contributed by atoms with Gasteiger partial charge in [0.05, 0.1) is 19.8 Å². The third-order valence-corrected chi connectivity index (χ3v) is 4.01. The fourth-order valence-corrected chi connectivity index (χ4v) is 2.57. The highest BCUT2D eigenvalue weighted by atomic mass is 35.5. The van der Waals surface area contributed by atoms with Crippen molar-refractivity contribution in [3.8, 4) is 11.5 Å². The summed E-state index contributed by atoms with van der Waals surface area (Å²) in [4.78, 5) is 12.0. The highest BCUT2D eigenvalue weighted by Crippen LogP contribution is 2.19. The average Bonchev–Trinajstić information content (AvgIpc) is 2.61. The Morgan fingerprint density at radius 2 is 2.08 bits per heavy atom. The summed E-state index contributed by atoms with van der Waals surface area (Å²) in [5.74, 6) is 1.66. The van der Waals surface area contributed by atoms with E-state index in [2.05, 4.69) is 5.32 Å². The number of nitrogens with one attached hydrogen (secondary N) is 1. The van der Waals surface area contributed by atoms with Crippen LogP contribution >= 0.6 is 12.4 Å². The third kappa shape index (κ3) is 6.55. The maximum Gasteiger partial charge on any atom is 0.237 e. The van der Waals surface area contributed by atoms with Crippen molar-refractivity contribution in [3.63, 3.8) is 0 Å². The Hall–Kier alpha value is -1.50. The number of amides is 1. The van der Waals surface area contributed by atoms with Crippen molar-refractivity contribution in [1.29, 1.82) is 0 Å². The Balaban J connectivity index is 0.00000288. The van der Waals surface area contributed by atoms with Crippen LogP contribution in [0, 0.1) is 5.92 Å². The molecule has 1 saturated heterocycles. The molecule has 3 N–H and O–H groups in total. The van der Waals surface area contributed by atoms with E-state index < -0.39 is 6.04 Å². The number of methoxy groups -OCH3 is 1. The highest BCUT2D eigenvalue weighted by molar-refractivity contribution is 5.85. The van der Waals surface area contributed by atoms with Gasteiger partial charge in [0.25, 0.3) is 0 Å². The van der Waals surface area contributed by atoms with E-state index >= 15 is 0 Å². The molecule has 0 saturated carbocycles. The second-order valence-electron chi connectivity index (χ2n) is 5.65. The highest BCUT2D eigenvalue weighted by Gasteiger charge is 2.26. The minimum Gasteiger partial charge on any atom is -0.497 e. The summed E-state index contributed by atoms with van der Waals surface area (Å²) in [6.45, 7) is 2.47. The summed E-state index contributed by atoms with van der Waals surface area (Å²) in [6, 6.07) is 7.01. The van der Waals surface area contributed by atoms with Gasteiger partial charge in [-0.3, -0.25) is 4.79 Å². The predicted molar refractivity (Wildman–Crippen MR) is 94.9 cm³/mol. The van der Waals surface area contributed by atoms with Crippen LogP contribution in [0.1, 0.15) is 19.3 Å². The minimum absolute atomic E-state index is 0. The second kappa shape index (κ2) is 11.1. The van der Waals surface area contributed by atoms with E-state index in [4.69, 9.17) is 19.9 Å². The Morgan fingerprint density at radius 1 is 1.38 bits per heavy atom. The van der Waals surface area contributed by atoms with Crippen LogP contribution in [0.2, 0.25) is 0 Å². The molecule has 1 aliphatic rings. The van der Waals surface area contributed by atoms with Gasteiger partial charge in [-0.2, -0.15) is 0 Å². The molecule has 24 heavy (non-hydrogen) atoms. The molecule has 0 bridgehead atoms. The topological polar surface area (TPSA) is 82.8 Å². The van der Waals surface area contributed by atoms with E-state index in [1.54, 1.807) is 7.11 Å². The lowest BCUT2D eigenvalue weighted by Crippen LogP contribution is -2.47. The van der Waals surface area contributed by atoms with Crippen LogP contribution in [-0.4, -0.2) is 45.4 Å². The predicted octanol–water partition coefficient (Wildman–Crippen LogP) is 1.76. The molecule has 136 valence electrons. The molecule has 1 heterocycles. The zero-order valence-electron chi connectivity index (χ0n) is 14.0. The summed E-state index contributed by atoms with van der Waals surface area (Å²) in [7, 11) is 1.62. The third-order valence-electron chi connectivity index (χ3n) is 4.01. The molecule has 1 aliphatic heterocycles. The molecule has 2 rings (SSSR count). The number of ether oxygens (including phenoxy) is 3. The number of halogens is 1. The Labute approximate surface area is 149 Å². The van der Waals surface area contributed by atoms with E-state index in [0.29, 0.717) is 26.4 Å². The van der Waals surface area contributed by atoms with Gasteiger partial charge in [0.1, 0.15) is 11.5 Å². The SMILES string of the molecule is COc1cccc(OCCCNC(=O)C(N)C2CCOCC2)c1.Cl. The summed E-state index contributed by atoms with van der Waals surface area (Å²) >= 11 is 0. The van der Waals surface area contributed by atoms with E-state index in [9.17, 15) is 4.79 Å². The van der Waals surface area contributed by atoms with Crippen LogP contribution in [0.4, 0.5) is 0 Å². The second-order valence-corrected chi connectivity index (χ2v) is 5.65. The van der Waals surface area contributed by atoms with Gasteiger partial charge < -0.3 is 25.3 Å². The fourth-order valence-electron chi connectivity index (χ4n) is 2.57. The molecule has 7 heteroatoms. The van der Waals surface area contributed by atoms with Crippen LogP contribution in [-0.2, 0) is 9.53 Å². The van der Waals surface area contributed by atoms with Crippen LogP contribution in [0.3, 0.4) is 0 Å². The molecule has 0 aliphatic carbocycles. The molecular weight excluding hydrogens is 332 g/mol.